The van der Waals surface area contributed by atoms with E-state index in [1.165, 1.54) is 51.4 Å². The fraction of sp³-hybridized carbons (Fsp3) is 0.816. The van der Waals surface area contributed by atoms with E-state index in [0.29, 0.717) is 17.3 Å². The topological polar surface area (TPSA) is 26.3 Å². The standard InChI is InChI=1S/C38H62O2/c1-8-9-10-11-12-13-14-15-36(39)40-31-22-24-37(6)30(26-31)18-19-32-34-21-20-33(38(34,7)25-23-35(32)37)29(5)17-16-28(4)27(2)3/h9-10,12-13,18,27-29,31-35H,8,11,14-17,19-26H2,1-7H3/b10-9-,13-12-. The van der Waals surface area contributed by atoms with Crippen LogP contribution in [-0.2, 0) is 9.53 Å². The van der Waals surface area contributed by atoms with Crippen LogP contribution < -0.4 is 0 Å². The second kappa shape index (κ2) is 13.8. The quantitative estimate of drug-likeness (QED) is 0.178. The van der Waals surface area contributed by atoms with E-state index in [1.807, 2.05) is 0 Å². The maximum absolute atomic E-state index is 12.6. The third-order valence-electron chi connectivity index (χ3n) is 12.7. The van der Waals surface area contributed by atoms with E-state index >= 15 is 0 Å². The van der Waals surface area contributed by atoms with Gasteiger partial charge in [-0.2, -0.15) is 0 Å². The molecule has 9 atom stereocenters. The van der Waals surface area contributed by atoms with E-state index in [4.69, 9.17) is 4.74 Å². The Kier molecular flexibility index (Phi) is 10.9. The molecule has 9 unspecified atom stereocenters. The largest absolute Gasteiger partial charge is 0.462 e. The van der Waals surface area contributed by atoms with Crippen molar-refractivity contribution < 1.29 is 9.53 Å². The monoisotopic (exact) mass is 550 g/mol. The van der Waals surface area contributed by atoms with Crippen molar-refractivity contribution in [3.05, 3.63) is 36.0 Å². The van der Waals surface area contributed by atoms with Crippen LogP contribution in [-0.4, -0.2) is 12.1 Å². The molecular weight excluding hydrogens is 488 g/mol. The first-order chi connectivity index (χ1) is 19.1. The Morgan fingerprint density at radius 2 is 1.75 bits per heavy atom. The second-order valence-electron chi connectivity index (χ2n) is 15.2. The molecule has 0 bridgehead atoms. The van der Waals surface area contributed by atoms with Crippen LogP contribution in [0.5, 0.6) is 0 Å². The zero-order valence-electron chi connectivity index (χ0n) is 27.2. The van der Waals surface area contributed by atoms with Crippen molar-refractivity contribution in [2.45, 2.75) is 144 Å². The van der Waals surface area contributed by atoms with E-state index < -0.39 is 0 Å². The second-order valence-corrected chi connectivity index (χ2v) is 15.2. The summed E-state index contributed by atoms with van der Waals surface area (Å²) < 4.78 is 6.02. The Labute approximate surface area is 247 Å². The van der Waals surface area contributed by atoms with Gasteiger partial charge in [-0.1, -0.05) is 97.3 Å². The van der Waals surface area contributed by atoms with Crippen LogP contribution in [0.4, 0.5) is 0 Å². The number of allylic oxidation sites excluding steroid dienone is 5. The van der Waals surface area contributed by atoms with Gasteiger partial charge in [-0.25, -0.2) is 0 Å². The summed E-state index contributed by atoms with van der Waals surface area (Å²) in [7, 11) is 0. The Balaban J connectivity index is 1.32. The smallest absolute Gasteiger partial charge is 0.306 e. The summed E-state index contributed by atoms with van der Waals surface area (Å²) in [6.45, 7) is 17.2. The van der Waals surface area contributed by atoms with Gasteiger partial charge in [-0.3, -0.25) is 4.79 Å². The average Bonchev–Trinajstić information content (AvgIpc) is 3.28. The van der Waals surface area contributed by atoms with Crippen LogP contribution in [0.15, 0.2) is 36.0 Å². The van der Waals surface area contributed by atoms with Crippen LogP contribution in [0.1, 0.15) is 138 Å². The summed E-state index contributed by atoms with van der Waals surface area (Å²) in [4.78, 5) is 12.6. The van der Waals surface area contributed by atoms with Crippen molar-refractivity contribution in [1.82, 2.24) is 0 Å². The highest BCUT2D eigenvalue weighted by atomic mass is 16.5. The molecule has 0 aromatic carbocycles. The predicted octanol–water partition coefficient (Wildman–Crippen LogP) is 10.9. The summed E-state index contributed by atoms with van der Waals surface area (Å²) in [5.74, 6) is 5.98. The number of ether oxygens (including phenoxy) is 1. The molecule has 0 aromatic rings. The lowest BCUT2D eigenvalue weighted by atomic mass is 9.47. The molecule has 40 heavy (non-hydrogen) atoms. The number of hydrogen-bond donors (Lipinski definition) is 0. The zero-order valence-corrected chi connectivity index (χ0v) is 27.2. The van der Waals surface area contributed by atoms with Crippen LogP contribution in [0.25, 0.3) is 0 Å². The highest BCUT2D eigenvalue weighted by molar-refractivity contribution is 5.69. The minimum absolute atomic E-state index is 0.0148. The minimum atomic E-state index is -0.0148. The van der Waals surface area contributed by atoms with Gasteiger partial charge in [0.2, 0.25) is 0 Å². The number of carbonyl (C=O) groups is 1. The SMILES string of the molecule is CC/C=C\C/C=C\CCC(=O)OC1CCC2(C)C(=CCC3C2CCC2(C)C(C(C)CCC(C)C(C)C)CCC32)C1. The lowest BCUT2D eigenvalue weighted by Gasteiger charge is -2.58. The molecule has 0 aliphatic heterocycles. The number of esters is 1. The van der Waals surface area contributed by atoms with Gasteiger partial charge in [0, 0.05) is 12.8 Å². The maximum Gasteiger partial charge on any atom is 0.306 e. The summed E-state index contributed by atoms with van der Waals surface area (Å²) in [5.41, 5.74) is 2.48. The minimum Gasteiger partial charge on any atom is -0.462 e. The van der Waals surface area contributed by atoms with Gasteiger partial charge in [0.05, 0.1) is 0 Å². The Morgan fingerprint density at radius 3 is 2.50 bits per heavy atom. The van der Waals surface area contributed by atoms with Crippen molar-refractivity contribution >= 4 is 5.97 Å². The van der Waals surface area contributed by atoms with Gasteiger partial charge in [-0.15, -0.1) is 0 Å². The normalized spacial score (nSPS) is 37.2. The first kappa shape index (κ1) is 31.6. The molecule has 4 aliphatic rings. The van der Waals surface area contributed by atoms with Crippen molar-refractivity contribution in [3.8, 4) is 0 Å². The maximum atomic E-state index is 12.6. The van der Waals surface area contributed by atoms with Gasteiger partial charge in [0.25, 0.3) is 0 Å². The molecule has 0 radical (unpaired) electrons. The third kappa shape index (κ3) is 6.83. The van der Waals surface area contributed by atoms with Crippen LogP contribution in [0, 0.1) is 52.3 Å². The number of fused-ring (bicyclic) bond motifs is 5. The van der Waals surface area contributed by atoms with Crippen molar-refractivity contribution in [2.75, 3.05) is 0 Å². The van der Waals surface area contributed by atoms with E-state index in [2.05, 4.69) is 78.8 Å². The van der Waals surface area contributed by atoms with Crippen LogP contribution >= 0.6 is 0 Å². The Morgan fingerprint density at radius 1 is 0.975 bits per heavy atom. The molecule has 3 saturated carbocycles. The number of carbonyl (C=O) groups excluding carboxylic acids is 1. The molecule has 226 valence electrons. The average molecular weight is 551 g/mol. The Hall–Kier alpha value is -1.31. The molecule has 4 rings (SSSR count). The van der Waals surface area contributed by atoms with Crippen LogP contribution in [0.2, 0.25) is 0 Å². The molecule has 4 aliphatic carbocycles. The molecule has 3 fully saturated rings. The first-order valence-corrected chi connectivity index (χ1v) is 17.3. The van der Waals surface area contributed by atoms with Crippen molar-refractivity contribution in [3.63, 3.8) is 0 Å². The summed E-state index contributed by atoms with van der Waals surface area (Å²) in [5, 5.41) is 0. The zero-order chi connectivity index (χ0) is 28.9. The lowest BCUT2D eigenvalue weighted by Crippen LogP contribution is -2.51. The molecule has 0 heterocycles. The highest BCUT2D eigenvalue weighted by Gasteiger charge is 2.59. The summed E-state index contributed by atoms with van der Waals surface area (Å²) in [6.07, 6.45) is 27.7. The van der Waals surface area contributed by atoms with E-state index in [1.54, 1.807) is 5.57 Å². The fourth-order valence-electron chi connectivity index (χ4n) is 9.77. The number of hydrogen-bond acceptors (Lipinski definition) is 2. The summed E-state index contributed by atoms with van der Waals surface area (Å²) >= 11 is 0. The van der Waals surface area contributed by atoms with E-state index in [-0.39, 0.29) is 12.1 Å². The third-order valence-corrected chi connectivity index (χ3v) is 12.7. The molecule has 2 nitrogen and oxygen atoms in total. The predicted molar refractivity (Wildman–Crippen MR) is 170 cm³/mol. The fourth-order valence-corrected chi connectivity index (χ4v) is 9.77. The molecule has 0 saturated heterocycles. The van der Waals surface area contributed by atoms with Gasteiger partial charge >= 0.3 is 5.97 Å². The summed E-state index contributed by atoms with van der Waals surface area (Å²) in [6, 6.07) is 0. The molecule has 0 aromatic heterocycles. The highest BCUT2D eigenvalue weighted by Crippen LogP contribution is 2.67. The Bertz CT molecular complexity index is 926. The molecule has 0 amide bonds. The van der Waals surface area contributed by atoms with Crippen molar-refractivity contribution in [1.29, 1.82) is 0 Å². The molecule has 0 spiro atoms. The first-order valence-electron chi connectivity index (χ1n) is 17.3. The van der Waals surface area contributed by atoms with Gasteiger partial charge in [0.15, 0.2) is 0 Å². The van der Waals surface area contributed by atoms with Gasteiger partial charge in [0.1, 0.15) is 6.10 Å². The van der Waals surface area contributed by atoms with Crippen LogP contribution in [0.3, 0.4) is 0 Å². The number of rotatable bonds is 12. The van der Waals surface area contributed by atoms with E-state index in [0.717, 1.165) is 73.5 Å². The molecular formula is C38H62O2. The van der Waals surface area contributed by atoms with E-state index in [9.17, 15) is 4.79 Å². The molecule has 0 N–H and O–H groups in total. The van der Waals surface area contributed by atoms with Gasteiger partial charge < -0.3 is 4.74 Å². The van der Waals surface area contributed by atoms with Gasteiger partial charge in [-0.05, 0) is 116 Å². The molecule has 2 heteroatoms. The lowest BCUT2D eigenvalue weighted by molar-refractivity contribution is -0.151. The van der Waals surface area contributed by atoms with Crippen molar-refractivity contribution in [2.24, 2.45) is 52.3 Å².